The van der Waals surface area contributed by atoms with E-state index in [-0.39, 0.29) is 5.97 Å². The predicted molar refractivity (Wildman–Crippen MR) is 85.8 cm³/mol. The van der Waals surface area contributed by atoms with E-state index in [0.717, 1.165) is 6.42 Å². The van der Waals surface area contributed by atoms with Gasteiger partial charge in [-0.25, -0.2) is 0 Å². The van der Waals surface area contributed by atoms with Crippen LogP contribution in [0.25, 0.3) is 0 Å². The van der Waals surface area contributed by atoms with Gasteiger partial charge in [-0.1, -0.05) is 64.0 Å². The number of ether oxygens (including phenoxy) is 1. The van der Waals surface area contributed by atoms with Crippen LogP contribution in [0.3, 0.4) is 0 Å². The molecule has 0 aromatic rings. The Bertz CT molecular complexity index is 227. The van der Waals surface area contributed by atoms with E-state index in [4.69, 9.17) is 4.74 Å². The molecule has 0 N–H and O–H groups in total. The minimum atomic E-state index is -0.152. The third kappa shape index (κ3) is 15.5. The van der Waals surface area contributed by atoms with Gasteiger partial charge in [0, 0.05) is 5.75 Å². The van der Waals surface area contributed by atoms with Crippen LogP contribution in [0, 0.1) is 0 Å². The number of carbonyl (C=O) groups is 1. The fourth-order valence-corrected chi connectivity index (χ4v) is 2.00. The molecule has 0 aromatic carbocycles. The molecule has 0 amide bonds. The summed E-state index contributed by atoms with van der Waals surface area (Å²) in [4.78, 5) is 11.2. The summed E-state index contributed by atoms with van der Waals surface area (Å²) in [5.74, 6) is 0.439. The summed E-state index contributed by atoms with van der Waals surface area (Å²) < 4.78 is 4.92. The summed E-state index contributed by atoms with van der Waals surface area (Å²) in [5.41, 5.74) is 0. The van der Waals surface area contributed by atoms with Crippen molar-refractivity contribution in [3.05, 3.63) is 12.2 Å². The molecule has 0 fully saturated rings. The summed E-state index contributed by atoms with van der Waals surface area (Å²) in [6.45, 7) is 2.66. The Morgan fingerprint density at radius 3 is 2.26 bits per heavy atom. The van der Waals surface area contributed by atoms with Gasteiger partial charge >= 0.3 is 5.97 Å². The molecule has 0 bridgehead atoms. The monoisotopic (exact) mass is 286 g/mol. The molecule has 0 heterocycles. The molecule has 0 aromatic heterocycles. The molecule has 0 aliphatic heterocycles. The lowest BCUT2D eigenvalue weighted by molar-refractivity contribution is -0.141. The second-order valence-corrected chi connectivity index (χ2v) is 5.33. The zero-order valence-electron chi connectivity index (χ0n) is 12.4. The molecule has 2 nitrogen and oxygen atoms in total. The van der Waals surface area contributed by atoms with E-state index < -0.39 is 0 Å². The van der Waals surface area contributed by atoms with E-state index in [9.17, 15) is 4.79 Å². The van der Waals surface area contributed by atoms with Gasteiger partial charge in [0.05, 0.1) is 6.42 Å². The molecular formula is C16H30O2S. The molecule has 112 valence electrons. The average Bonchev–Trinajstić information content (AvgIpc) is 2.42. The number of unbranched alkanes of at least 4 members (excludes halogenated alkanes) is 8. The van der Waals surface area contributed by atoms with Crippen molar-refractivity contribution in [3.63, 3.8) is 0 Å². The molecule has 0 unspecified atom stereocenters. The smallest absolute Gasteiger partial charge is 0.309 e. The highest BCUT2D eigenvalue weighted by molar-refractivity contribution is 7.80. The van der Waals surface area contributed by atoms with Gasteiger partial charge in [-0.15, -0.1) is 0 Å². The van der Waals surface area contributed by atoms with E-state index in [0.29, 0.717) is 18.8 Å². The Balaban J connectivity index is 3.18. The molecular weight excluding hydrogens is 256 g/mol. The van der Waals surface area contributed by atoms with Crippen LogP contribution in [0.2, 0.25) is 0 Å². The van der Waals surface area contributed by atoms with Gasteiger partial charge in [0.25, 0.3) is 0 Å². The van der Waals surface area contributed by atoms with Crippen LogP contribution in [-0.2, 0) is 9.53 Å². The van der Waals surface area contributed by atoms with Crippen molar-refractivity contribution < 1.29 is 9.53 Å². The predicted octanol–water partition coefficient (Wildman–Crippen LogP) is 4.94. The Hall–Kier alpha value is -0.440. The minimum Gasteiger partial charge on any atom is -0.465 e. The Morgan fingerprint density at radius 1 is 1.00 bits per heavy atom. The van der Waals surface area contributed by atoms with Gasteiger partial charge in [-0.2, -0.15) is 12.6 Å². The van der Waals surface area contributed by atoms with E-state index in [1.165, 1.54) is 51.4 Å². The van der Waals surface area contributed by atoms with Crippen LogP contribution in [0.4, 0.5) is 0 Å². The quantitative estimate of drug-likeness (QED) is 0.225. The van der Waals surface area contributed by atoms with Crippen LogP contribution in [-0.4, -0.2) is 18.3 Å². The summed E-state index contributed by atoms with van der Waals surface area (Å²) in [5, 5.41) is 0. The summed E-state index contributed by atoms with van der Waals surface area (Å²) in [6.07, 6.45) is 16.2. The van der Waals surface area contributed by atoms with Crippen molar-refractivity contribution in [2.45, 2.75) is 71.1 Å². The van der Waals surface area contributed by atoms with Crippen molar-refractivity contribution in [2.75, 3.05) is 12.4 Å². The van der Waals surface area contributed by atoms with Crippen molar-refractivity contribution in [1.82, 2.24) is 0 Å². The van der Waals surface area contributed by atoms with Gasteiger partial charge in [0.2, 0.25) is 0 Å². The first-order valence-electron chi connectivity index (χ1n) is 7.72. The SMILES string of the molecule is CCCCCCCCCC/C=C/CC(=O)OCCS. The standard InChI is InChI=1S/C16H30O2S/c1-2-3-4-5-6-7-8-9-10-11-12-13-16(17)18-14-15-19/h11-12,19H,2-10,13-15H2,1H3/b12-11+. The van der Waals surface area contributed by atoms with Crippen LogP contribution in [0.15, 0.2) is 12.2 Å². The highest BCUT2D eigenvalue weighted by Crippen LogP contribution is 2.09. The minimum absolute atomic E-state index is 0.152. The largest absolute Gasteiger partial charge is 0.465 e. The molecule has 0 aliphatic carbocycles. The van der Waals surface area contributed by atoms with Crippen molar-refractivity contribution in [2.24, 2.45) is 0 Å². The van der Waals surface area contributed by atoms with Gasteiger partial charge in [-0.3, -0.25) is 4.79 Å². The van der Waals surface area contributed by atoms with Gasteiger partial charge in [0.15, 0.2) is 0 Å². The normalized spacial score (nSPS) is 11.1. The van der Waals surface area contributed by atoms with Crippen molar-refractivity contribution in [3.8, 4) is 0 Å². The maximum atomic E-state index is 11.2. The molecule has 0 aliphatic rings. The topological polar surface area (TPSA) is 26.3 Å². The van der Waals surface area contributed by atoms with Crippen molar-refractivity contribution in [1.29, 1.82) is 0 Å². The Kier molecular flexibility index (Phi) is 15.3. The van der Waals surface area contributed by atoms with Crippen LogP contribution < -0.4 is 0 Å². The third-order valence-electron chi connectivity index (χ3n) is 3.03. The second-order valence-electron chi connectivity index (χ2n) is 4.88. The zero-order chi connectivity index (χ0) is 14.2. The number of esters is 1. The molecule has 3 heteroatoms. The van der Waals surface area contributed by atoms with E-state index in [2.05, 4.69) is 25.6 Å². The lowest BCUT2D eigenvalue weighted by Crippen LogP contribution is -2.04. The summed E-state index contributed by atoms with van der Waals surface area (Å²) in [7, 11) is 0. The maximum absolute atomic E-state index is 11.2. The Labute approximate surface area is 124 Å². The fraction of sp³-hybridized carbons (Fsp3) is 0.812. The highest BCUT2D eigenvalue weighted by atomic mass is 32.1. The first-order valence-corrected chi connectivity index (χ1v) is 8.36. The Morgan fingerprint density at radius 2 is 1.63 bits per heavy atom. The average molecular weight is 286 g/mol. The highest BCUT2D eigenvalue weighted by Gasteiger charge is 1.97. The fourth-order valence-electron chi connectivity index (χ4n) is 1.91. The number of carbonyl (C=O) groups excluding carboxylic acids is 1. The first kappa shape index (κ1) is 18.6. The second kappa shape index (κ2) is 15.6. The third-order valence-corrected chi connectivity index (χ3v) is 3.21. The number of thiol groups is 1. The van der Waals surface area contributed by atoms with E-state index in [1.807, 2.05) is 6.08 Å². The molecule has 0 spiro atoms. The molecule has 19 heavy (non-hydrogen) atoms. The number of allylic oxidation sites excluding steroid dienone is 1. The van der Waals surface area contributed by atoms with E-state index >= 15 is 0 Å². The van der Waals surface area contributed by atoms with Crippen LogP contribution in [0.5, 0.6) is 0 Å². The first-order chi connectivity index (χ1) is 9.31. The van der Waals surface area contributed by atoms with E-state index in [1.54, 1.807) is 0 Å². The zero-order valence-corrected chi connectivity index (χ0v) is 13.3. The lowest BCUT2D eigenvalue weighted by Gasteiger charge is -2.00. The molecule has 0 radical (unpaired) electrons. The van der Waals surface area contributed by atoms with Gasteiger partial charge < -0.3 is 4.74 Å². The van der Waals surface area contributed by atoms with Crippen LogP contribution >= 0.6 is 12.6 Å². The number of rotatable bonds is 13. The summed E-state index contributed by atoms with van der Waals surface area (Å²) in [6, 6.07) is 0. The molecule has 0 rings (SSSR count). The number of hydrogen-bond donors (Lipinski definition) is 1. The number of hydrogen-bond acceptors (Lipinski definition) is 3. The lowest BCUT2D eigenvalue weighted by atomic mass is 10.1. The molecule has 0 saturated heterocycles. The molecule has 0 atom stereocenters. The maximum Gasteiger partial charge on any atom is 0.309 e. The van der Waals surface area contributed by atoms with Gasteiger partial charge in [0.1, 0.15) is 6.61 Å². The van der Waals surface area contributed by atoms with Crippen LogP contribution in [0.1, 0.15) is 71.1 Å². The summed E-state index contributed by atoms with van der Waals surface area (Å²) >= 11 is 3.98. The molecule has 0 saturated carbocycles. The van der Waals surface area contributed by atoms with Gasteiger partial charge in [-0.05, 0) is 12.8 Å². The van der Waals surface area contributed by atoms with Crippen molar-refractivity contribution >= 4 is 18.6 Å².